The lowest BCUT2D eigenvalue weighted by molar-refractivity contribution is -0.144. The van der Waals surface area contributed by atoms with Gasteiger partial charge in [-0.05, 0) is 32.8 Å². The number of hydrogen-bond acceptors (Lipinski definition) is 2. The van der Waals surface area contributed by atoms with Gasteiger partial charge in [0.25, 0.3) is 0 Å². The highest BCUT2D eigenvalue weighted by Gasteiger charge is 2.38. The van der Waals surface area contributed by atoms with Crippen molar-refractivity contribution >= 4 is 12.0 Å². The number of carbonyl (C=O) groups is 2. The first-order chi connectivity index (χ1) is 9.82. The maximum absolute atomic E-state index is 12.4. The van der Waals surface area contributed by atoms with Crippen LogP contribution in [0.4, 0.5) is 4.79 Å². The summed E-state index contributed by atoms with van der Waals surface area (Å²) < 4.78 is 0. The Hall–Kier alpha value is -2.04. The predicted molar refractivity (Wildman–Crippen MR) is 82.1 cm³/mol. The van der Waals surface area contributed by atoms with Crippen molar-refractivity contribution in [2.45, 2.75) is 45.7 Å². The summed E-state index contributed by atoms with van der Waals surface area (Å²) in [4.78, 5) is 25.7. The van der Waals surface area contributed by atoms with Gasteiger partial charge in [-0.15, -0.1) is 0 Å². The second-order valence-corrected chi connectivity index (χ2v) is 5.51. The molecule has 0 saturated heterocycles. The Morgan fingerprint density at radius 2 is 1.86 bits per heavy atom. The van der Waals surface area contributed by atoms with E-state index in [0.717, 1.165) is 6.42 Å². The maximum atomic E-state index is 12.4. The van der Waals surface area contributed by atoms with Crippen LogP contribution in [0.5, 0.6) is 0 Å². The molecule has 0 bridgehead atoms. The van der Waals surface area contributed by atoms with Gasteiger partial charge in [-0.2, -0.15) is 0 Å². The van der Waals surface area contributed by atoms with E-state index in [9.17, 15) is 14.7 Å². The van der Waals surface area contributed by atoms with Crippen LogP contribution in [0.2, 0.25) is 0 Å². The highest BCUT2D eigenvalue weighted by molar-refractivity contribution is 5.87. The van der Waals surface area contributed by atoms with E-state index in [4.69, 9.17) is 0 Å². The number of carbonyl (C=O) groups excluding carboxylic acids is 1. The highest BCUT2D eigenvalue weighted by atomic mass is 16.4. The fourth-order valence-electron chi connectivity index (χ4n) is 2.14. The van der Waals surface area contributed by atoms with Crippen molar-refractivity contribution in [3.8, 4) is 0 Å². The Balaban J connectivity index is 3.03. The molecule has 0 aliphatic rings. The van der Waals surface area contributed by atoms with Crippen LogP contribution in [0.25, 0.3) is 0 Å². The van der Waals surface area contributed by atoms with Crippen LogP contribution < -0.4 is 5.32 Å². The Morgan fingerprint density at radius 1 is 1.29 bits per heavy atom. The van der Waals surface area contributed by atoms with Gasteiger partial charge in [0, 0.05) is 12.6 Å². The zero-order chi connectivity index (χ0) is 16.0. The molecule has 2 N–H and O–H groups in total. The normalized spacial score (nSPS) is 13.6. The first-order valence-electron chi connectivity index (χ1n) is 7.20. The van der Waals surface area contributed by atoms with Gasteiger partial charge in [0.2, 0.25) is 0 Å². The monoisotopic (exact) mass is 292 g/mol. The molecule has 0 saturated carbocycles. The molecule has 1 rings (SSSR count). The fraction of sp³-hybridized carbons (Fsp3) is 0.500. The van der Waals surface area contributed by atoms with Crippen LogP contribution in [-0.4, -0.2) is 34.6 Å². The van der Waals surface area contributed by atoms with E-state index < -0.39 is 11.5 Å². The van der Waals surface area contributed by atoms with Gasteiger partial charge in [-0.1, -0.05) is 37.3 Å². The third-order valence-electron chi connectivity index (χ3n) is 3.48. The summed E-state index contributed by atoms with van der Waals surface area (Å²) in [5, 5.41) is 12.2. The molecule has 2 amide bonds. The molecule has 0 heterocycles. The van der Waals surface area contributed by atoms with Crippen molar-refractivity contribution in [1.29, 1.82) is 0 Å². The molecule has 0 spiro atoms. The third kappa shape index (κ3) is 3.97. The molecule has 5 nitrogen and oxygen atoms in total. The van der Waals surface area contributed by atoms with Crippen molar-refractivity contribution < 1.29 is 14.7 Å². The molecule has 0 radical (unpaired) electrons. The molecule has 5 heteroatoms. The van der Waals surface area contributed by atoms with E-state index in [1.54, 1.807) is 29.2 Å². The van der Waals surface area contributed by atoms with Crippen molar-refractivity contribution in [2.75, 3.05) is 6.54 Å². The Morgan fingerprint density at radius 3 is 2.29 bits per heavy atom. The Bertz CT molecular complexity index is 488. The van der Waals surface area contributed by atoms with E-state index in [2.05, 4.69) is 5.32 Å². The van der Waals surface area contributed by atoms with Gasteiger partial charge in [0.15, 0.2) is 5.54 Å². The van der Waals surface area contributed by atoms with Gasteiger partial charge >= 0.3 is 12.0 Å². The second kappa shape index (κ2) is 7.11. The number of aliphatic carboxylic acids is 1. The number of carboxylic acid groups (broad SMARTS) is 1. The number of amides is 2. The van der Waals surface area contributed by atoms with Gasteiger partial charge < -0.3 is 15.3 Å². The molecular weight excluding hydrogens is 268 g/mol. The standard InChI is InChI=1S/C16H24N2O3/c1-5-11-18(12(2)3)15(21)17-16(4,14(19)20)13-9-7-6-8-10-13/h6-10,12H,5,11H2,1-4H3,(H,17,21)(H,19,20). The number of rotatable bonds is 6. The third-order valence-corrected chi connectivity index (χ3v) is 3.48. The molecular formula is C16H24N2O3. The van der Waals surface area contributed by atoms with Crippen molar-refractivity contribution in [1.82, 2.24) is 10.2 Å². The SMILES string of the molecule is CCCN(C(=O)NC(C)(C(=O)O)c1ccccc1)C(C)C. The maximum Gasteiger partial charge on any atom is 0.333 e. The van der Waals surface area contributed by atoms with Crippen molar-refractivity contribution in [3.63, 3.8) is 0 Å². The van der Waals surface area contributed by atoms with Crippen LogP contribution in [-0.2, 0) is 10.3 Å². The van der Waals surface area contributed by atoms with Crippen molar-refractivity contribution in [2.24, 2.45) is 0 Å². The minimum Gasteiger partial charge on any atom is -0.479 e. The quantitative estimate of drug-likeness (QED) is 0.847. The zero-order valence-corrected chi connectivity index (χ0v) is 13.1. The lowest BCUT2D eigenvalue weighted by Crippen LogP contribution is -2.55. The molecule has 1 aromatic rings. The number of nitrogens with zero attached hydrogens (tertiary/aromatic N) is 1. The molecule has 0 aromatic heterocycles. The smallest absolute Gasteiger partial charge is 0.333 e. The number of hydrogen-bond donors (Lipinski definition) is 2. The summed E-state index contributed by atoms with van der Waals surface area (Å²) in [7, 11) is 0. The molecule has 116 valence electrons. The largest absolute Gasteiger partial charge is 0.479 e. The second-order valence-electron chi connectivity index (χ2n) is 5.51. The first-order valence-corrected chi connectivity index (χ1v) is 7.20. The van der Waals surface area contributed by atoms with Crippen LogP contribution in [0.15, 0.2) is 30.3 Å². The molecule has 1 aromatic carbocycles. The minimum atomic E-state index is -1.45. The summed E-state index contributed by atoms with van der Waals surface area (Å²) >= 11 is 0. The van der Waals surface area contributed by atoms with Gasteiger partial charge in [-0.25, -0.2) is 9.59 Å². The number of urea groups is 1. The Labute approximate surface area is 126 Å². The summed E-state index contributed by atoms with van der Waals surface area (Å²) in [6.07, 6.45) is 0.820. The minimum absolute atomic E-state index is 0.0127. The van der Waals surface area contributed by atoms with E-state index in [1.165, 1.54) is 6.92 Å². The highest BCUT2D eigenvalue weighted by Crippen LogP contribution is 2.21. The lowest BCUT2D eigenvalue weighted by atomic mass is 9.92. The van der Waals surface area contributed by atoms with Crippen molar-refractivity contribution in [3.05, 3.63) is 35.9 Å². The van der Waals surface area contributed by atoms with Gasteiger partial charge in [-0.3, -0.25) is 0 Å². The summed E-state index contributed by atoms with van der Waals surface area (Å²) in [6, 6.07) is 8.39. The summed E-state index contributed by atoms with van der Waals surface area (Å²) in [5.74, 6) is -1.08. The van der Waals surface area contributed by atoms with Crippen LogP contribution in [0.3, 0.4) is 0 Å². The van der Waals surface area contributed by atoms with Crippen LogP contribution in [0.1, 0.15) is 39.7 Å². The number of nitrogens with one attached hydrogen (secondary N) is 1. The van der Waals surface area contributed by atoms with Crippen LogP contribution >= 0.6 is 0 Å². The van der Waals surface area contributed by atoms with E-state index >= 15 is 0 Å². The van der Waals surface area contributed by atoms with Gasteiger partial charge in [0.1, 0.15) is 0 Å². The summed E-state index contributed by atoms with van der Waals surface area (Å²) in [6.45, 7) is 7.91. The molecule has 1 atom stereocenters. The fourth-order valence-corrected chi connectivity index (χ4v) is 2.14. The molecule has 1 unspecified atom stereocenters. The topological polar surface area (TPSA) is 69.6 Å². The lowest BCUT2D eigenvalue weighted by Gasteiger charge is -2.33. The van der Waals surface area contributed by atoms with E-state index in [0.29, 0.717) is 12.1 Å². The van der Waals surface area contributed by atoms with Crippen LogP contribution in [0, 0.1) is 0 Å². The summed E-state index contributed by atoms with van der Waals surface area (Å²) in [5.41, 5.74) is -0.898. The average Bonchev–Trinajstić information content (AvgIpc) is 2.44. The predicted octanol–water partition coefficient (Wildman–Crippen LogP) is 2.82. The number of benzene rings is 1. The molecule has 0 fully saturated rings. The number of carboxylic acids is 1. The average molecular weight is 292 g/mol. The van der Waals surface area contributed by atoms with E-state index in [-0.39, 0.29) is 12.1 Å². The first kappa shape index (κ1) is 17.0. The van der Waals surface area contributed by atoms with E-state index in [1.807, 2.05) is 26.8 Å². The Kier molecular flexibility index (Phi) is 5.76. The van der Waals surface area contributed by atoms with Gasteiger partial charge in [0.05, 0.1) is 0 Å². The molecule has 21 heavy (non-hydrogen) atoms. The molecule has 0 aliphatic heterocycles. The molecule has 0 aliphatic carbocycles. The zero-order valence-electron chi connectivity index (χ0n) is 13.1.